The summed E-state index contributed by atoms with van der Waals surface area (Å²) in [5.74, 6) is -0.352. The van der Waals surface area contributed by atoms with Crippen LogP contribution in [0.2, 0.25) is 0 Å². The van der Waals surface area contributed by atoms with Gasteiger partial charge in [0.15, 0.2) is 6.29 Å². The summed E-state index contributed by atoms with van der Waals surface area (Å²) in [5, 5.41) is 4.17. The maximum absolute atomic E-state index is 13.2. The molecule has 0 unspecified atom stereocenters. The van der Waals surface area contributed by atoms with Gasteiger partial charge in [-0.2, -0.15) is 5.10 Å². The zero-order valence-corrected chi connectivity index (χ0v) is 9.56. The molecular weight excluding hydrogens is 219 g/mol. The van der Waals surface area contributed by atoms with Crippen molar-refractivity contribution >= 4 is 6.29 Å². The van der Waals surface area contributed by atoms with E-state index in [1.54, 1.807) is 16.9 Å². The lowest BCUT2D eigenvalue weighted by Crippen LogP contribution is -2.02. The molecule has 88 valence electrons. The van der Waals surface area contributed by atoms with E-state index in [1.807, 2.05) is 6.92 Å². The highest BCUT2D eigenvalue weighted by atomic mass is 19.1. The molecule has 0 saturated carbocycles. The summed E-state index contributed by atoms with van der Waals surface area (Å²) in [5.41, 5.74) is 1.84. The average molecular weight is 232 g/mol. The number of rotatable bonds is 4. The Labute approximate surface area is 98.9 Å². The summed E-state index contributed by atoms with van der Waals surface area (Å²) in [6.45, 7) is 2.79. The second kappa shape index (κ2) is 4.91. The number of nitrogens with zero attached hydrogens (tertiary/aromatic N) is 2. The van der Waals surface area contributed by atoms with E-state index in [-0.39, 0.29) is 5.82 Å². The second-order valence-electron chi connectivity index (χ2n) is 3.79. The molecule has 1 aromatic heterocycles. The number of benzene rings is 1. The quantitative estimate of drug-likeness (QED) is 0.760. The topological polar surface area (TPSA) is 34.9 Å². The van der Waals surface area contributed by atoms with E-state index in [4.69, 9.17) is 0 Å². The Kier molecular flexibility index (Phi) is 3.32. The van der Waals surface area contributed by atoms with E-state index in [0.29, 0.717) is 11.1 Å². The summed E-state index contributed by atoms with van der Waals surface area (Å²) in [7, 11) is 0. The van der Waals surface area contributed by atoms with Gasteiger partial charge in [0.25, 0.3) is 0 Å². The van der Waals surface area contributed by atoms with Crippen LogP contribution in [0.25, 0.3) is 11.3 Å². The maximum atomic E-state index is 13.2. The molecule has 0 aliphatic rings. The SMILES string of the molecule is CCCn1nccc1-c1cc(F)ccc1C=O. The number of aryl methyl sites for hydroxylation is 1. The number of halogens is 1. The summed E-state index contributed by atoms with van der Waals surface area (Å²) < 4.78 is 15.0. The van der Waals surface area contributed by atoms with Crippen LogP contribution in [0.15, 0.2) is 30.5 Å². The first-order valence-corrected chi connectivity index (χ1v) is 5.53. The van der Waals surface area contributed by atoms with Gasteiger partial charge < -0.3 is 0 Å². The lowest BCUT2D eigenvalue weighted by Gasteiger charge is -2.08. The highest BCUT2D eigenvalue weighted by Crippen LogP contribution is 2.23. The summed E-state index contributed by atoms with van der Waals surface area (Å²) in [6, 6.07) is 5.93. The minimum absolute atomic E-state index is 0.352. The molecule has 4 heteroatoms. The molecule has 0 aliphatic carbocycles. The highest BCUT2D eigenvalue weighted by Gasteiger charge is 2.10. The van der Waals surface area contributed by atoms with Crippen molar-refractivity contribution in [3.63, 3.8) is 0 Å². The molecule has 17 heavy (non-hydrogen) atoms. The van der Waals surface area contributed by atoms with Crippen LogP contribution in [0, 0.1) is 5.82 Å². The normalized spacial score (nSPS) is 10.5. The Balaban J connectivity index is 2.54. The fourth-order valence-electron chi connectivity index (χ4n) is 1.80. The van der Waals surface area contributed by atoms with Gasteiger partial charge in [0.1, 0.15) is 5.82 Å². The lowest BCUT2D eigenvalue weighted by atomic mass is 10.1. The van der Waals surface area contributed by atoms with E-state index in [0.717, 1.165) is 24.9 Å². The molecule has 0 saturated heterocycles. The van der Waals surface area contributed by atoms with E-state index in [1.165, 1.54) is 18.2 Å². The van der Waals surface area contributed by atoms with Gasteiger partial charge in [-0.3, -0.25) is 9.48 Å². The predicted octanol–water partition coefficient (Wildman–Crippen LogP) is 2.91. The van der Waals surface area contributed by atoms with Gasteiger partial charge in [-0.25, -0.2) is 4.39 Å². The molecule has 0 atom stereocenters. The van der Waals surface area contributed by atoms with Crippen molar-refractivity contribution in [2.75, 3.05) is 0 Å². The van der Waals surface area contributed by atoms with Gasteiger partial charge in [-0.1, -0.05) is 6.92 Å². The summed E-state index contributed by atoms with van der Waals surface area (Å²) >= 11 is 0. The fraction of sp³-hybridized carbons (Fsp3) is 0.231. The van der Waals surface area contributed by atoms with Crippen LogP contribution in [0.4, 0.5) is 4.39 Å². The largest absolute Gasteiger partial charge is 0.298 e. The zero-order chi connectivity index (χ0) is 12.3. The van der Waals surface area contributed by atoms with Crippen LogP contribution in [-0.4, -0.2) is 16.1 Å². The number of aldehydes is 1. The first kappa shape index (κ1) is 11.5. The van der Waals surface area contributed by atoms with E-state index >= 15 is 0 Å². The van der Waals surface area contributed by atoms with Crippen LogP contribution in [0.1, 0.15) is 23.7 Å². The van der Waals surface area contributed by atoms with Gasteiger partial charge >= 0.3 is 0 Å². The molecule has 0 aliphatic heterocycles. The molecule has 2 rings (SSSR count). The molecule has 1 aromatic carbocycles. The van der Waals surface area contributed by atoms with Gasteiger partial charge in [-0.05, 0) is 30.7 Å². The molecule has 3 nitrogen and oxygen atoms in total. The van der Waals surface area contributed by atoms with Crippen molar-refractivity contribution in [2.45, 2.75) is 19.9 Å². The number of hydrogen-bond acceptors (Lipinski definition) is 2. The van der Waals surface area contributed by atoms with Crippen LogP contribution in [-0.2, 0) is 6.54 Å². The van der Waals surface area contributed by atoms with Gasteiger partial charge in [0, 0.05) is 23.9 Å². The standard InChI is InChI=1S/C13H13FN2O/c1-2-7-16-13(5-6-15-16)12-8-11(14)4-3-10(12)9-17/h3-6,8-9H,2,7H2,1H3. The third-order valence-corrected chi connectivity index (χ3v) is 2.57. The molecule has 1 heterocycles. The minimum Gasteiger partial charge on any atom is -0.298 e. The number of aromatic nitrogens is 2. The van der Waals surface area contributed by atoms with Crippen molar-refractivity contribution < 1.29 is 9.18 Å². The van der Waals surface area contributed by atoms with Crippen molar-refractivity contribution in [1.29, 1.82) is 0 Å². The number of hydrogen-bond donors (Lipinski definition) is 0. The minimum atomic E-state index is -0.352. The van der Waals surface area contributed by atoms with E-state index in [9.17, 15) is 9.18 Å². The molecule has 0 spiro atoms. The number of carbonyl (C=O) groups excluding carboxylic acids is 1. The van der Waals surface area contributed by atoms with Crippen LogP contribution < -0.4 is 0 Å². The Morgan fingerprint density at radius 1 is 1.41 bits per heavy atom. The Morgan fingerprint density at radius 2 is 2.24 bits per heavy atom. The van der Waals surface area contributed by atoms with Crippen molar-refractivity contribution in [3.8, 4) is 11.3 Å². The van der Waals surface area contributed by atoms with Crippen molar-refractivity contribution in [1.82, 2.24) is 9.78 Å². The van der Waals surface area contributed by atoms with E-state index < -0.39 is 0 Å². The first-order valence-electron chi connectivity index (χ1n) is 5.53. The summed E-state index contributed by atoms with van der Waals surface area (Å²) in [6.07, 6.45) is 3.32. The molecule has 0 radical (unpaired) electrons. The molecule has 0 N–H and O–H groups in total. The Hall–Kier alpha value is -1.97. The van der Waals surface area contributed by atoms with Gasteiger partial charge in [0.2, 0.25) is 0 Å². The fourth-order valence-corrected chi connectivity index (χ4v) is 1.80. The van der Waals surface area contributed by atoms with Crippen LogP contribution in [0.5, 0.6) is 0 Å². The van der Waals surface area contributed by atoms with Crippen LogP contribution in [0.3, 0.4) is 0 Å². The zero-order valence-electron chi connectivity index (χ0n) is 9.56. The predicted molar refractivity (Wildman–Crippen MR) is 63.3 cm³/mol. The molecule has 2 aromatic rings. The van der Waals surface area contributed by atoms with Gasteiger partial charge in [-0.15, -0.1) is 0 Å². The number of carbonyl (C=O) groups is 1. The van der Waals surface area contributed by atoms with Crippen LogP contribution >= 0.6 is 0 Å². The molecule has 0 amide bonds. The molecule has 0 fully saturated rings. The smallest absolute Gasteiger partial charge is 0.150 e. The molecular formula is C13H13FN2O. The summed E-state index contributed by atoms with van der Waals surface area (Å²) in [4.78, 5) is 11.0. The maximum Gasteiger partial charge on any atom is 0.150 e. The Bertz CT molecular complexity index is 534. The highest BCUT2D eigenvalue weighted by molar-refractivity contribution is 5.86. The molecule has 0 bridgehead atoms. The monoisotopic (exact) mass is 232 g/mol. The lowest BCUT2D eigenvalue weighted by molar-refractivity contribution is 0.112. The van der Waals surface area contributed by atoms with Crippen molar-refractivity contribution in [2.24, 2.45) is 0 Å². The van der Waals surface area contributed by atoms with Crippen molar-refractivity contribution in [3.05, 3.63) is 41.8 Å². The van der Waals surface area contributed by atoms with E-state index in [2.05, 4.69) is 5.10 Å². The van der Waals surface area contributed by atoms with Gasteiger partial charge in [0.05, 0.1) is 5.69 Å². The third-order valence-electron chi connectivity index (χ3n) is 2.57. The average Bonchev–Trinajstić information content (AvgIpc) is 2.77. The Morgan fingerprint density at radius 3 is 2.94 bits per heavy atom. The third kappa shape index (κ3) is 2.25. The first-order chi connectivity index (χ1) is 8.26. The second-order valence-corrected chi connectivity index (χ2v) is 3.79.